The van der Waals surface area contributed by atoms with Gasteiger partial charge in [0, 0.05) is 56.2 Å². The number of anilines is 1. The molecule has 1 aromatic carbocycles. The van der Waals surface area contributed by atoms with Crippen LogP contribution < -0.4 is 5.32 Å². The van der Waals surface area contributed by atoms with Gasteiger partial charge in [-0.3, -0.25) is 19.0 Å². The average molecular weight is 448 g/mol. The number of aromatic nitrogens is 3. The summed E-state index contributed by atoms with van der Waals surface area (Å²) in [7, 11) is 0. The van der Waals surface area contributed by atoms with Crippen LogP contribution >= 0.6 is 0 Å². The minimum Gasteiger partial charge on any atom is -0.381 e. The van der Waals surface area contributed by atoms with E-state index >= 15 is 0 Å². The topological polar surface area (TPSA) is 100 Å². The van der Waals surface area contributed by atoms with Crippen LogP contribution in [0.3, 0.4) is 0 Å². The van der Waals surface area contributed by atoms with E-state index in [1.165, 1.54) is 11.2 Å². The number of rotatable bonds is 4. The number of nitrogens with one attached hydrogen (secondary N) is 1. The third kappa shape index (κ3) is 3.73. The highest BCUT2D eigenvalue weighted by Crippen LogP contribution is 2.37. The minimum atomic E-state index is -0.943. The highest BCUT2D eigenvalue weighted by Gasteiger charge is 2.39. The summed E-state index contributed by atoms with van der Waals surface area (Å²) in [5.41, 5.74) is 1.11. The summed E-state index contributed by atoms with van der Waals surface area (Å²) in [6, 6.07) is 8.93. The van der Waals surface area contributed by atoms with Gasteiger partial charge in [0.25, 0.3) is 11.8 Å². The summed E-state index contributed by atoms with van der Waals surface area (Å²) in [6.07, 6.45) is 5.82. The second-order valence-corrected chi connectivity index (χ2v) is 7.94. The lowest BCUT2D eigenvalue weighted by Crippen LogP contribution is -2.52. The Labute approximate surface area is 188 Å². The molecule has 2 aromatic heterocycles. The van der Waals surface area contributed by atoms with Crippen LogP contribution in [0.1, 0.15) is 21.8 Å². The van der Waals surface area contributed by atoms with Crippen molar-refractivity contribution in [3.05, 3.63) is 72.2 Å². The number of piperazine rings is 1. The number of hydrogen-bond acceptors (Lipinski definition) is 6. The number of nitrogens with zero attached hydrogens (tertiary/aromatic N) is 5. The summed E-state index contributed by atoms with van der Waals surface area (Å²) in [5, 5.41) is 3.03. The Kier molecular flexibility index (Phi) is 5.33. The molecule has 2 amide bonds. The Morgan fingerprint density at radius 1 is 1.03 bits per heavy atom. The number of ketones is 1. The number of halogens is 1. The molecule has 1 saturated heterocycles. The Morgan fingerprint density at radius 3 is 2.45 bits per heavy atom. The van der Waals surface area contributed by atoms with Gasteiger partial charge in [0.05, 0.1) is 17.8 Å². The fourth-order valence-electron chi connectivity index (χ4n) is 4.30. The van der Waals surface area contributed by atoms with Crippen molar-refractivity contribution in [1.82, 2.24) is 24.3 Å². The van der Waals surface area contributed by atoms with E-state index in [9.17, 15) is 18.8 Å². The smallest absolute Gasteiger partial charge is 0.290 e. The van der Waals surface area contributed by atoms with Crippen molar-refractivity contribution in [3.8, 4) is 5.82 Å². The number of imidazole rings is 1. The van der Waals surface area contributed by atoms with Gasteiger partial charge in [0.1, 0.15) is 12.1 Å². The summed E-state index contributed by atoms with van der Waals surface area (Å²) >= 11 is 0. The number of carbonyl (C=O) groups excluding carboxylic acids is 3. The van der Waals surface area contributed by atoms with E-state index in [0.29, 0.717) is 30.2 Å². The minimum absolute atomic E-state index is 0.107. The van der Waals surface area contributed by atoms with Gasteiger partial charge in [-0.25, -0.2) is 14.4 Å². The molecule has 168 valence electrons. The van der Waals surface area contributed by atoms with Crippen molar-refractivity contribution in [2.24, 2.45) is 0 Å². The van der Waals surface area contributed by atoms with Crippen LogP contribution in [0.15, 0.2) is 55.2 Å². The Morgan fingerprint density at radius 2 is 1.76 bits per heavy atom. The zero-order valence-electron chi connectivity index (χ0n) is 17.6. The number of amides is 2. The normalized spacial score (nSPS) is 17.4. The van der Waals surface area contributed by atoms with Crippen molar-refractivity contribution in [2.45, 2.75) is 5.92 Å². The number of carbonyl (C=O) groups is 3. The molecule has 10 heteroatoms. The van der Waals surface area contributed by atoms with Gasteiger partial charge in [-0.1, -0.05) is 18.2 Å². The molecule has 0 saturated carbocycles. The molecule has 5 rings (SSSR count). The van der Waals surface area contributed by atoms with E-state index in [0.717, 1.165) is 6.20 Å². The van der Waals surface area contributed by atoms with E-state index in [1.807, 2.05) is 6.07 Å². The first-order valence-corrected chi connectivity index (χ1v) is 10.6. The van der Waals surface area contributed by atoms with Crippen molar-refractivity contribution < 1.29 is 18.8 Å². The number of Topliss-reactive ketones (excluding diaryl/α,β-unsaturated/α-hetero) is 1. The second-order valence-electron chi connectivity index (χ2n) is 7.94. The first-order chi connectivity index (χ1) is 16.0. The predicted octanol–water partition coefficient (Wildman–Crippen LogP) is 1.47. The first kappa shape index (κ1) is 20.8. The highest BCUT2D eigenvalue weighted by molar-refractivity contribution is 6.38. The van der Waals surface area contributed by atoms with Crippen molar-refractivity contribution in [2.75, 3.05) is 38.0 Å². The molecule has 4 heterocycles. The molecular weight excluding hydrogens is 427 g/mol. The molecule has 1 atom stereocenters. The molecule has 2 aliphatic rings. The largest absolute Gasteiger partial charge is 0.381 e. The molecule has 9 nitrogen and oxygen atoms in total. The molecule has 0 radical (unpaired) electrons. The summed E-state index contributed by atoms with van der Waals surface area (Å²) < 4.78 is 16.3. The fraction of sp³-hybridized carbons (Fsp3) is 0.261. The lowest BCUT2D eigenvalue weighted by Gasteiger charge is -2.34. The van der Waals surface area contributed by atoms with Gasteiger partial charge < -0.3 is 15.1 Å². The van der Waals surface area contributed by atoms with Crippen molar-refractivity contribution in [3.63, 3.8) is 0 Å². The standard InChI is InChI=1S/C23H21FN6O3/c24-17-13-27-21(30-7-6-25-14-30)19-18(17)16(12-26-19)20(31)23(33)29-10-8-28(9-11-29)22(32)15-4-2-1-3-5-15/h1-7,13-14,16,26H,8-12H2. The third-order valence-corrected chi connectivity index (χ3v) is 6.03. The van der Waals surface area contributed by atoms with Gasteiger partial charge in [0.2, 0.25) is 5.78 Å². The van der Waals surface area contributed by atoms with Gasteiger partial charge in [-0.15, -0.1) is 0 Å². The Bertz CT molecular complexity index is 1210. The van der Waals surface area contributed by atoms with Gasteiger partial charge in [0.15, 0.2) is 5.82 Å². The van der Waals surface area contributed by atoms with Crippen LogP contribution in [0.25, 0.3) is 5.82 Å². The quantitative estimate of drug-likeness (QED) is 0.607. The van der Waals surface area contributed by atoms with Gasteiger partial charge >= 0.3 is 0 Å². The van der Waals surface area contributed by atoms with Crippen LogP contribution in [0, 0.1) is 5.82 Å². The van der Waals surface area contributed by atoms with E-state index in [-0.39, 0.29) is 31.1 Å². The number of fused-ring (bicyclic) bond motifs is 1. The van der Waals surface area contributed by atoms with Crippen molar-refractivity contribution in [1.29, 1.82) is 0 Å². The van der Waals surface area contributed by atoms with E-state index in [2.05, 4.69) is 15.3 Å². The first-order valence-electron chi connectivity index (χ1n) is 10.6. The van der Waals surface area contributed by atoms with E-state index in [1.54, 1.807) is 46.1 Å². The van der Waals surface area contributed by atoms with Crippen LogP contribution in [-0.2, 0) is 9.59 Å². The molecule has 0 aliphatic carbocycles. The summed E-state index contributed by atoms with van der Waals surface area (Å²) in [5.74, 6) is -2.61. The molecule has 0 spiro atoms. The van der Waals surface area contributed by atoms with Crippen LogP contribution in [0.5, 0.6) is 0 Å². The lowest BCUT2D eigenvalue weighted by atomic mass is 9.96. The zero-order valence-corrected chi connectivity index (χ0v) is 17.6. The maximum Gasteiger partial charge on any atom is 0.290 e. The lowest BCUT2D eigenvalue weighted by molar-refractivity contribution is -0.146. The van der Waals surface area contributed by atoms with E-state index < -0.39 is 23.4 Å². The average Bonchev–Trinajstić information content (AvgIpc) is 3.55. The third-order valence-electron chi connectivity index (χ3n) is 6.03. The van der Waals surface area contributed by atoms with E-state index in [4.69, 9.17) is 0 Å². The summed E-state index contributed by atoms with van der Waals surface area (Å²) in [4.78, 5) is 49.8. The maximum atomic E-state index is 14.7. The number of hydrogen-bond donors (Lipinski definition) is 1. The molecule has 33 heavy (non-hydrogen) atoms. The van der Waals surface area contributed by atoms with Crippen LogP contribution in [0.2, 0.25) is 0 Å². The van der Waals surface area contributed by atoms with Gasteiger partial charge in [-0.05, 0) is 12.1 Å². The zero-order chi connectivity index (χ0) is 22.9. The molecule has 1 fully saturated rings. The Balaban J connectivity index is 1.29. The Hall–Kier alpha value is -4.08. The van der Waals surface area contributed by atoms with Crippen LogP contribution in [0.4, 0.5) is 10.1 Å². The predicted molar refractivity (Wildman–Crippen MR) is 116 cm³/mol. The van der Waals surface area contributed by atoms with Crippen LogP contribution in [-0.4, -0.2) is 74.7 Å². The number of pyridine rings is 1. The fourth-order valence-corrected chi connectivity index (χ4v) is 4.30. The summed E-state index contributed by atoms with van der Waals surface area (Å²) in [6.45, 7) is 1.26. The molecule has 3 aromatic rings. The molecule has 0 bridgehead atoms. The van der Waals surface area contributed by atoms with Crippen molar-refractivity contribution >= 4 is 23.3 Å². The molecule has 1 unspecified atom stereocenters. The molecular formula is C23H21FN6O3. The number of benzene rings is 1. The molecule has 2 aliphatic heterocycles. The highest BCUT2D eigenvalue weighted by atomic mass is 19.1. The molecule has 1 N–H and O–H groups in total. The SMILES string of the molecule is O=C(C(=O)N1CCN(C(=O)c2ccccc2)CC1)C1CNc2c(-n3ccnc3)ncc(F)c21. The van der Waals surface area contributed by atoms with Gasteiger partial charge in [-0.2, -0.15) is 0 Å². The maximum absolute atomic E-state index is 14.7. The second kappa shape index (κ2) is 8.45. The monoisotopic (exact) mass is 448 g/mol.